The molecule has 4 heteroatoms. The van der Waals surface area contributed by atoms with E-state index in [9.17, 15) is 0 Å². The summed E-state index contributed by atoms with van der Waals surface area (Å²) in [5.41, 5.74) is 2.28. The van der Waals surface area contributed by atoms with Gasteiger partial charge in [-0.15, -0.1) is 0 Å². The van der Waals surface area contributed by atoms with Crippen LogP contribution in [0.15, 0.2) is 54.6 Å². The second-order valence-electron chi connectivity index (χ2n) is 6.22. The molecule has 24 heavy (non-hydrogen) atoms. The van der Waals surface area contributed by atoms with Gasteiger partial charge < -0.3 is 15.4 Å². The van der Waals surface area contributed by atoms with Crippen molar-refractivity contribution in [2.75, 3.05) is 5.32 Å². The van der Waals surface area contributed by atoms with E-state index >= 15 is 0 Å². The Morgan fingerprint density at radius 3 is 2.50 bits per heavy atom. The van der Waals surface area contributed by atoms with Crippen LogP contribution in [0.3, 0.4) is 0 Å². The molecule has 0 aliphatic carbocycles. The van der Waals surface area contributed by atoms with E-state index in [-0.39, 0.29) is 6.10 Å². The molecule has 0 saturated heterocycles. The molecule has 2 aromatic rings. The summed E-state index contributed by atoms with van der Waals surface area (Å²) in [7, 11) is 0. The van der Waals surface area contributed by atoms with Crippen LogP contribution in [0.25, 0.3) is 0 Å². The van der Waals surface area contributed by atoms with Crippen LogP contribution in [0.1, 0.15) is 32.8 Å². The SMILES string of the molecule is CC(C)Oc1cccc(NC(=S)N[C@@H](C)CCc2ccccc2)c1. The van der Waals surface area contributed by atoms with Crippen molar-refractivity contribution >= 4 is 23.0 Å². The number of benzene rings is 2. The van der Waals surface area contributed by atoms with Gasteiger partial charge in [0.25, 0.3) is 0 Å². The molecule has 0 bridgehead atoms. The first-order valence-corrected chi connectivity index (χ1v) is 8.82. The van der Waals surface area contributed by atoms with Gasteiger partial charge in [-0.1, -0.05) is 36.4 Å². The van der Waals surface area contributed by atoms with Gasteiger partial charge in [-0.25, -0.2) is 0 Å². The fourth-order valence-electron chi connectivity index (χ4n) is 2.41. The van der Waals surface area contributed by atoms with Crippen LogP contribution in [0, 0.1) is 0 Å². The van der Waals surface area contributed by atoms with E-state index in [0.717, 1.165) is 24.3 Å². The number of nitrogens with one attached hydrogen (secondary N) is 2. The van der Waals surface area contributed by atoms with Gasteiger partial charge in [0.2, 0.25) is 0 Å². The van der Waals surface area contributed by atoms with E-state index in [2.05, 4.69) is 41.8 Å². The van der Waals surface area contributed by atoms with Gasteiger partial charge >= 0.3 is 0 Å². The van der Waals surface area contributed by atoms with E-state index in [0.29, 0.717) is 11.2 Å². The van der Waals surface area contributed by atoms with Crippen LogP contribution >= 0.6 is 12.2 Å². The molecule has 0 amide bonds. The summed E-state index contributed by atoms with van der Waals surface area (Å²) in [4.78, 5) is 0. The Labute approximate surface area is 150 Å². The van der Waals surface area contributed by atoms with Crippen LogP contribution in [0.5, 0.6) is 5.75 Å². The van der Waals surface area contributed by atoms with Gasteiger partial charge in [0.05, 0.1) is 6.10 Å². The number of hydrogen-bond acceptors (Lipinski definition) is 2. The fraction of sp³-hybridized carbons (Fsp3) is 0.350. The number of anilines is 1. The van der Waals surface area contributed by atoms with Crippen LogP contribution in [-0.2, 0) is 6.42 Å². The average Bonchev–Trinajstić information content (AvgIpc) is 2.53. The minimum atomic E-state index is 0.156. The molecule has 0 aliphatic rings. The Kier molecular flexibility index (Phi) is 7.07. The highest BCUT2D eigenvalue weighted by molar-refractivity contribution is 7.80. The lowest BCUT2D eigenvalue weighted by Crippen LogP contribution is -2.36. The van der Waals surface area contributed by atoms with Crippen molar-refractivity contribution in [3.05, 3.63) is 60.2 Å². The molecule has 2 N–H and O–H groups in total. The third kappa shape index (κ3) is 6.59. The number of rotatable bonds is 7. The minimum Gasteiger partial charge on any atom is -0.491 e. The average molecular weight is 343 g/mol. The molecule has 2 aromatic carbocycles. The number of aryl methyl sites for hydroxylation is 1. The largest absolute Gasteiger partial charge is 0.491 e. The van der Waals surface area contributed by atoms with E-state index in [1.54, 1.807) is 0 Å². The van der Waals surface area contributed by atoms with Crippen LogP contribution < -0.4 is 15.4 Å². The molecule has 0 heterocycles. The van der Waals surface area contributed by atoms with E-state index in [1.807, 2.05) is 44.2 Å². The summed E-state index contributed by atoms with van der Waals surface area (Å²) < 4.78 is 5.70. The Balaban J connectivity index is 1.80. The topological polar surface area (TPSA) is 33.3 Å². The molecule has 0 radical (unpaired) electrons. The van der Waals surface area contributed by atoms with Gasteiger partial charge in [0.1, 0.15) is 5.75 Å². The van der Waals surface area contributed by atoms with Crippen molar-refractivity contribution in [3.63, 3.8) is 0 Å². The molecule has 128 valence electrons. The molecule has 0 unspecified atom stereocenters. The first-order valence-electron chi connectivity index (χ1n) is 8.41. The highest BCUT2D eigenvalue weighted by Crippen LogP contribution is 2.18. The third-order valence-electron chi connectivity index (χ3n) is 3.55. The molecule has 2 rings (SSSR count). The standard InChI is InChI=1S/C20H26N2OS/c1-15(2)23-19-11-7-10-18(14-19)22-20(24)21-16(3)12-13-17-8-5-4-6-9-17/h4-11,14-16H,12-13H2,1-3H3,(H2,21,22,24)/t16-/m0/s1. The summed E-state index contributed by atoms with van der Waals surface area (Å²) in [6.07, 6.45) is 2.22. The Morgan fingerprint density at radius 1 is 1.04 bits per heavy atom. The van der Waals surface area contributed by atoms with Gasteiger partial charge in [0, 0.05) is 17.8 Å². The second-order valence-corrected chi connectivity index (χ2v) is 6.63. The Hall–Kier alpha value is -2.07. The summed E-state index contributed by atoms with van der Waals surface area (Å²) in [6, 6.07) is 18.7. The minimum absolute atomic E-state index is 0.156. The van der Waals surface area contributed by atoms with Crippen LogP contribution in [0.2, 0.25) is 0 Å². The molecular weight excluding hydrogens is 316 g/mol. The van der Waals surface area contributed by atoms with Crippen molar-refractivity contribution < 1.29 is 4.74 Å². The monoisotopic (exact) mass is 342 g/mol. The van der Waals surface area contributed by atoms with Crippen LogP contribution in [-0.4, -0.2) is 17.3 Å². The molecule has 0 aliphatic heterocycles. The van der Waals surface area contributed by atoms with Crippen molar-refractivity contribution in [2.24, 2.45) is 0 Å². The molecule has 3 nitrogen and oxygen atoms in total. The number of ether oxygens (including phenoxy) is 1. The van der Waals surface area contributed by atoms with E-state index in [4.69, 9.17) is 17.0 Å². The van der Waals surface area contributed by atoms with E-state index in [1.165, 1.54) is 5.56 Å². The Morgan fingerprint density at radius 2 is 1.79 bits per heavy atom. The zero-order chi connectivity index (χ0) is 17.4. The smallest absolute Gasteiger partial charge is 0.170 e. The molecule has 0 fully saturated rings. The zero-order valence-electron chi connectivity index (χ0n) is 14.6. The normalized spacial score (nSPS) is 11.8. The summed E-state index contributed by atoms with van der Waals surface area (Å²) in [5, 5.41) is 7.20. The number of hydrogen-bond donors (Lipinski definition) is 2. The maximum absolute atomic E-state index is 5.70. The zero-order valence-corrected chi connectivity index (χ0v) is 15.4. The van der Waals surface area contributed by atoms with Crippen molar-refractivity contribution in [1.82, 2.24) is 5.32 Å². The van der Waals surface area contributed by atoms with E-state index < -0.39 is 0 Å². The number of thiocarbonyl (C=S) groups is 1. The molecule has 0 aromatic heterocycles. The molecule has 1 atom stereocenters. The third-order valence-corrected chi connectivity index (χ3v) is 3.77. The lowest BCUT2D eigenvalue weighted by Gasteiger charge is -2.17. The first-order chi connectivity index (χ1) is 11.5. The van der Waals surface area contributed by atoms with Crippen molar-refractivity contribution in [1.29, 1.82) is 0 Å². The van der Waals surface area contributed by atoms with Crippen molar-refractivity contribution in [2.45, 2.75) is 45.8 Å². The lowest BCUT2D eigenvalue weighted by molar-refractivity contribution is 0.242. The van der Waals surface area contributed by atoms with Crippen LogP contribution in [0.4, 0.5) is 5.69 Å². The highest BCUT2D eigenvalue weighted by atomic mass is 32.1. The summed E-state index contributed by atoms with van der Waals surface area (Å²) in [6.45, 7) is 6.18. The summed E-state index contributed by atoms with van der Waals surface area (Å²) in [5.74, 6) is 0.843. The van der Waals surface area contributed by atoms with Gasteiger partial charge in [-0.2, -0.15) is 0 Å². The predicted octanol–water partition coefficient (Wildman–Crippen LogP) is 4.78. The maximum Gasteiger partial charge on any atom is 0.170 e. The first kappa shape index (κ1) is 18.3. The molecule has 0 saturated carbocycles. The maximum atomic E-state index is 5.70. The van der Waals surface area contributed by atoms with Crippen molar-refractivity contribution in [3.8, 4) is 5.75 Å². The Bertz CT molecular complexity index is 643. The van der Waals surface area contributed by atoms with Gasteiger partial charge in [-0.3, -0.25) is 0 Å². The second kappa shape index (κ2) is 9.28. The molecular formula is C20H26N2OS. The van der Waals surface area contributed by atoms with Gasteiger partial charge in [-0.05, 0) is 63.5 Å². The predicted molar refractivity (Wildman–Crippen MR) is 106 cm³/mol. The highest BCUT2D eigenvalue weighted by Gasteiger charge is 2.06. The quantitative estimate of drug-likeness (QED) is 0.709. The fourth-order valence-corrected chi connectivity index (χ4v) is 2.73. The molecule has 0 spiro atoms. The van der Waals surface area contributed by atoms with Gasteiger partial charge in [0.15, 0.2) is 5.11 Å². The summed E-state index contributed by atoms with van der Waals surface area (Å²) >= 11 is 5.41. The lowest BCUT2D eigenvalue weighted by atomic mass is 10.1.